The van der Waals surface area contributed by atoms with Gasteiger partial charge in [-0.2, -0.15) is 0 Å². The standard InChI is InChI=1S/C72H85N3O/c1-66(2,3)49-29-31-60(52(42-49)45-24-19-18-20-25-45)75-61-27-21-26-51(63(61)74-65(75)54-43-50(67(4,5)6)44-58(64(54)76)68(7,8)9)48-38-53(62-57(40-48)71(14,15)35-23-36-72(62,16)17)59-41-47(32-37-73-59)46-28-30-55-56(39-46)70(12,13)34-22-33-69(55,10)11/h18-21,24-32,37-44,76H,22-23,33-36H2,1-17H3. The Morgan fingerprint density at radius 2 is 1.07 bits per heavy atom. The van der Waals surface area contributed by atoms with Gasteiger partial charge in [0.05, 0.1) is 28.0 Å². The summed E-state index contributed by atoms with van der Waals surface area (Å²) in [5.74, 6) is 0.991. The Morgan fingerprint density at radius 3 is 1.72 bits per heavy atom. The number of aromatic hydroxyl groups is 1. The van der Waals surface area contributed by atoms with E-state index in [1.54, 1.807) is 0 Å². The Labute approximate surface area is 456 Å². The molecule has 2 heterocycles. The third-order valence-electron chi connectivity index (χ3n) is 17.8. The van der Waals surface area contributed by atoms with Crippen molar-refractivity contribution in [3.8, 4) is 67.5 Å². The molecule has 4 nitrogen and oxygen atoms in total. The summed E-state index contributed by atoms with van der Waals surface area (Å²) < 4.78 is 2.34. The van der Waals surface area contributed by atoms with Gasteiger partial charge in [0.15, 0.2) is 0 Å². The molecule has 0 saturated carbocycles. The van der Waals surface area contributed by atoms with Gasteiger partial charge in [-0.25, -0.2) is 4.98 Å². The van der Waals surface area contributed by atoms with Gasteiger partial charge in [0.1, 0.15) is 11.6 Å². The van der Waals surface area contributed by atoms with Crippen LogP contribution in [0.4, 0.5) is 0 Å². The molecule has 8 aromatic rings. The molecule has 10 rings (SSSR count). The van der Waals surface area contributed by atoms with Gasteiger partial charge in [-0.15, -0.1) is 0 Å². The van der Waals surface area contributed by atoms with E-state index in [1.165, 1.54) is 63.8 Å². The highest BCUT2D eigenvalue weighted by atomic mass is 16.3. The summed E-state index contributed by atoms with van der Waals surface area (Å²) in [4.78, 5) is 11.2. The minimum Gasteiger partial charge on any atom is -0.507 e. The second-order valence-corrected chi connectivity index (χ2v) is 28.6. The first-order chi connectivity index (χ1) is 35.5. The maximum Gasteiger partial charge on any atom is 0.149 e. The van der Waals surface area contributed by atoms with Gasteiger partial charge in [-0.1, -0.05) is 209 Å². The SMILES string of the molecule is CC(C)(C)c1ccc(-n2c(-c3cc(C(C)(C)C)cc(C(C)(C)C)c3O)nc3c(-c4cc(-c5cc(-c6ccc7c(c6)C(C)(C)CCCC7(C)C)ccn5)c5c(c4)C(C)(C)CCCC5(C)C)cccc32)c(-c2ccccc2)c1. The zero-order valence-corrected chi connectivity index (χ0v) is 49.2. The molecule has 1 N–H and O–H groups in total. The molecule has 4 heteroatoms. The van der Waals surface area contributed by atoms with E-state index in [4.69, 9.17) is 9.97 Å². The lowest BCUT2D eigenvalue weighted by Gasteiger charge is -2.33. The molecule has 394 valence electrons. The summed E-state index contributed by atoms with van der Waals surface area (Å²) in [6.07, 6.45) is 8.99. The van der Waals surface area contributed by atoms with Crippen LogP contribution >= 0.6 is 0 Å². The molecular weight excluding hydrogens is 923 g/mol. The number of imidazole rings is 1. The van der Waals surface area contributed by atoms with Crippen LogP contribution < -0.4 is 0 Å². The van der Waals surface area contributed by atoms with Crippen LogP contribution in [0.3, 0.4) is 0 Å². The van der Waals surface area contributed by atoms with Crippen molar-refractivity contribution in [1.82, 2.24) is 14.5 Å². The summed E-state index contributed by atoms with van der Waals surface area (Å²) in [7, 11) is 0. The lowest BCUT2D eigenvalue weighted by Crippen LogP contribution is -2.23. The summed E-state index contributed by atoms with van der Waals surface area (Å²) in [6, 6.07) is 45.6. The third kappa shape index (κ3) is 9.55. The van der Waals surface area contributed by atoms with E-state index in [0.29, 0.717) is 0 Å². The molecule has 0 radical (unpaired) electrons. The summed E-state index contributed by atoms with van der Waals surface area (Å²) in [6.45, 7) is 39.7. The summed E-state index contributed by atoms with van der Waals surface area (Å²) >= 11 is 0. The molecule has 6 aromatic carbocycles. The minimum absolute atomic E-state index is 0.0795. The van der Waals surface area contributed by atoms with Crippen molar-refractivity contribution >= 4 is 11.0 Å². The van der Waals surface area contributed by atoms with Crippen LogP contribution in [0.15, 0.2) is 128 Å². The molecule has 2 aliphatic rings. The molecule has 0 spiro atoms. The van der Waals surface area contributed by atoms with Crippen molar-refractivity contribution in [1.29, 1.82) is 0 Å². The molecule has 0 atom stereocenters. The second kappa shape index (κ2) is 18.5. The maximum atomic E-state index is 12.8. The van der Waals surface area contributed by atoms with Crippen LogP contribution in [0, 0.1) is 0 Å². The van der Waals surface area contributed by atoms with E-state index < -0.39 is 0 Å². The fourth-order valence-corrected chi connectivity index (χ4v) is 13.0. The first-order valence-corrected chi connectivity index (χ1v) is 28.4. The predicted octanol–water partition coefficient (Wildman–Crippen LogP) is 19.8. The Hall–Kier alpha value is -6.26. The van der Waals surface area contributed by atoms with E-state index >= 15 is 0 Å². The molecule has 0 amide bonds. The lowest BCUT2D eigenvalue weighted by molar-refractivity contribution is 0.433. The average molecular weight is 1010 g/mol. The summed E-state index contributed by atoms with van der Waals surface area (Å²) in [5, 5.41) is 12.8. The fourth-order valence-electron chi connectivity index (χ4n) is 13.0. The average Bonchev–Trinajstić information content (AvgIpc) is 3.66. The van der Waals surface area contributed by atoms with Crippen molar-refractivity contribution < 1.29 is 5.11 Å². The Kier molecular flexibility index (Phi) is 12.9. The van der Waals surface area contributed by atoms with Crippen molar-refractivity contribution in [3.05, 3.63) is 166 Å². The highest BCUT2D eigenvalue weighted by Crippen LogP contribution is 2.52. The topological polar surface area (TPSA) is 50.9 Å². The lowest BCUT2D eigenvalue weighted by atomic mass is 9.71. The van der Waals surface area contributed by atoms with Gasteiger partial charge < -0.3 is 5.11 Å². The van der Waals surface area contributed by atoms with Gasteiger partial charge in [0.25, 0.3) is 0 Å². The van der Waals surface area contributed by atoms with Crippen LogP contribution in [0.1, 0.15) is 195 Å². The van der Waals surface area contributed by atoms with Gasteiger partial charge in [0.2, 0.25) is 0 Å². The Balaban J connectivity index is 1.27. The smallest absolute Gasteiger partial charge is 0.149 e. The Bertz CT molecular complexity index is 3540. The molecule has 76 heavy (non-hydrogen) atoms. The van der Waals surface area contributed by atoms with Gasteiger partial charge in [-0.05, 0) is 162 Å². The first-order valence-electron chi connectivity index (χ1n) is 28.4. The van der Waals surface area contributed by atoms with Gasteiger partial charge in [-0.3, -0.25) is 9.55 Å². The van der Waals surface area contributed by atoms with E-state index in [2.05, 4.69) is 244 Å². The number of rotatable bonds is 6. The van der Waals surface area contributed by atoms with Crippen molar-refractivity contribution in [3.63, 3.8) is 0 Å². The molecule has 0 saturated heterocycles. The third-order valence-corrected chi connectivity index (χ3v) is 17.8. The zero-order chi connectivity index (χ0) is 54.7. The number of hydrogen-bond acceptors (Lipinski definition) is 3. The maximum absolute atomic E-state index is 12.8. The molecule has 2 aromatic heterocycles. The zero-order valence-electron chi connectivity index (χ0n) is 49.2. The van der Waals surface area contributed by atoms with E-state index in [9.17, 15) is 5.11 Å². The number of phenols is 1. The molecule has 2 aliphatic carbocycles. The number of pyridine rings is 1. The number of hydrogen-bond donors (Lipinski definition) is 1. The number of phenolic OH excluding ortho intramolecular Hbond substituents is 1. The number of para-hydroxylation sites is 1. The van der Waals surface area contributed by atoms with Gasteiger partial charge >= 0.3 is 0 Å². The number of aromatic nitrogens is 3. The normalized spacial score (nSPS) is 17.2. The molecule has 0 aliphatic heterocycles. The molecular formula is C72H85N3O. The largest absolute Gasteiger partial charge is 0.507 e. The predicted molar refractivity (Wildman–Crippen MR) is 324 cm³/mol. The van der Waals surface area contributed by atoms with Crippen molar-refractivity contribution in [2.75, 3.05) is 0 Å². The van der Waals surface area contributed by atoms with Gasteiger partial charge in [0, 0.05) is 28.5 Å². The Morgan fingerprint density at radius 1 is 0.461 bits per heavy atom. The highest BCUT2D eigenvalue weighted by Gasteiger charge is 2.39. The number of fused-ring (bicyclic) bond motifs is 3. The van der Waals surface area contributed by atoms with Crippen molar-refractivity contribution in [2.45, 2.75) is 194 Å². The molecule has 0 unspecified atom stereocenters. The summed E-state index contributed by atoms with van der Waals surface area (Å²) in [5.41, 5.74) is 21.2. The van der Waals surface area contributed by atoms with E-state index in [-0.39, 0.29) is 43.7 Å². The monoisotopic (exact) mass is 1010 g/mol. The number of nitrogens with zero attached hydrogens (tertiary/aromatic N) is 3. The van der Waals surface area contributed by atoms with Crippen LogP contribution in [0.25, 0.3) is 72.7 Å². The molecule has 0 bridgehead atoms. The molecule has 0 fully saturated rings. The van der Waals surface area contributed by atoms with E-state index in [1.807, 2.05) is 6.20 Å². The van der Waals surface area contributed by atoms with Crippen LogP contribution in [-0.2, 0) is 37.9 Å². The number of benzene rings is 6. The minimum atomic E-state index is -0.331. The quantitative estimate of drug-likeness (QED) is 0.169. The van der Waals surface area contributed by atoms with Crippen LogP contribution in [0.5, 0.6) is 5.75 Å². The second-order valence-electron chi connectivity index (χ2n) is 28.6. The van der Waals surface area contributed by atoms with Crippen molar-refractivity contribution in [2.24, 2.45) is 0 Å². The van der Waals surface area contributed by atoms with Crippen LogP contribution in [-0.4, -0.2) is 19.6 Å². The fraction of sp³-hybridized carbons (Fsp3) is 0.417. The first kappa shape index (κ1) is 53.2. The van der Waals surface area contributed by atoms with E-state index in [0.717, 1.165) is 86.4 Å². The van der Waals surface area contributed by atoms with Crippen LogP contribution in [0.2, 0.25) is 0 Å². The highest BCUT2D eigenvalue weighted by molar-refractivity contribution is 5.98.